The van der Waals surface area contributed by atoms with Crippen molar-refractivity contribution in [2.45, 2.75) is 165 Å². The molecule has 4 aliphatic rings. The maximum atomic E-state index is 15.8. The number of carbonyl (C=O) groups is 2. The van der Waals surface area contributed by atoms with Crippen LogP contribution in [-0.4, -0.2) is 112 Å². The van der Waals surface area contributed by atoms with Gasteiger partial charge in [0.2, 0.25) is 0 Å². The number of carbonyl (C=O) groups excluding carboxylic acids is 2. The van der Waals surface area contributed by atoms with E-state index in [-0.39, 0.29) is 84.8 Å². The summed E-state index contributed by atoms with van der Waals surface area (Å²) < 4.78 is 118. The molecule has 4 aromatic carbocycles. The Bertz CT molecular complexity index is 3330. The molecule has 2 aliphatic heterocycles. The predicted octanol–water partition coefficient (Wildman–Crippen LogP) is 11.6. The van der Waals surface area contributed by atoms with E-state index in [9.17, 15) is 47.6 Å². The molecule has 4 N–H and O–H groups in total. The molecule has 0 bridgehead atoms. The maximum Gasteiger partial charge on any atom is 0.586 e. The van der Waals surface area contributed by atoms with Crippen molar-refractivity contribution in [1.82, 2.24) is 9.13 Å². The maximum absolute atomic E-state index is 15.8. The van der Waals surface area contributed by atoms with E-state index in [1.807, 2.05) is 24.5 Å². The summed E-state index contributed by atoms with van der Waals surface area (Å²) in [6, 6.07) is 18.5. The summed E-state index contributed by atoms with van der Waals surface area (Å²) >= 11 is 4.64. The van der Waals surface area contributed by atoms with Gasteiger partial charge >= 0.3 is 12.6 Å². The Morgan fingerprint density at radius 3 is 1.44 bits per heavy atom. The molecular formula is C63H75ClF6N2O12. The Balaban J connectivity index is 0.000000216. The van der Waals surface area contributed by atoms with E-state index in [2.05, 4.69) is 58.2 Å². The quantitative estimate of drug-likeness (QED) is 0.0230. The molecule has 0 amide bonds. The molecule has 2 fully saturated rings. The van der Waals surface area contributed by atoms with E-state index < -0.39 is 64.7 Å². The summed E-state index contributed by atoms with van der Waals surface area (Å²) in [5.74, 6) is -1.98. The Morgan fingerprint density at radius 1 is 0.607 bits per heavy atom. The molecule has 14 nitrogen and oxygen atoms in total. The fourth-order valence-electron chi connectivity index (χ4n) is 11.1. The van der Waals surface area contributed by atoms with Crippen LogP contribution in [0.4, 0.5) is 26.3 Å². The molecule has 2 aromatic heterocycles. The molecule has 0 radical (unpaired) electrons. The summed E-state index contributed by atoms with van der Waals surface area (Å²) in [7, 11) is 0. The highest BCUT2D eigenvalue weighted by molar-refractivity contribution is 6.15. The molecule has 10 rings (SSSR count). The Hall–Kier alpha value is -5.87. The molecule has 4 heterocycles. The number of alkyl halides is 5. The van der Waals surface area contributed by atoms with Crippen LogP contribution in [0, 0.1) is 11.6 Å². The molecule has 0 spiro atoms. The molecule has 84 heavy (non-hydrogen) atoms. The number of hydrogen-bond acceptors (Lipinski definition) is 12. The van der Waals surface area contributed by atoms with Crippen molar-refractivity contribution in [1.29, 1.82) is 0 Å². The van der Waals surface area contributed by atoms with E-state index in [0.717, 1.165) is 36.8 Å². The number of hydrogen-bond donors (Lipinski definition) is 4. The summed E-state index contributed by atoms with van der Waals surface area (Å²) in [6.07, 6.45) is -2.28. The smallest absolute Gasteiger partial charge is 0.395 e. The Labute approximate surface area is 489 Å². The predicted molar refractivity (Wildman–Crippen MR) is 304 cm³/mol. The first-order valence-electron chi connectivity index (χ1n) is 28.4. The van der Waals surface area contributed by atoms with Crippen molar-refractivity contribution < 1.29 is 84.8 Å². The van der Waals surface area contributed by atoms with Gasteiger partial charge in [-0.1, -0.05) is 66.5 Å². The van der Waals surface area contributed by atoms with Gasteiger partial charge < -0.3 is 58.0 Å². The van der Waals surface area contributed by atoms with E-state index in [0.29, 0.717) is 78.7 Å². The topological polar surface area (TPSA) is 180 Å². The lowest BCUT2D eigenvalue weighted by Gasteiger charge is -2.28. The van der Waals surface area contributed by atoms with Gasteiger partial charge in [-0.2, -0.15) is 0 Å². The number of aliphatic hydroxyl groups excluding tert-OH is 4. The minimum absolute atomic E-state index is 0.00273. The number of ketones is 2. The Morgan fingerprint density at radius 2 is 1.02 bits per heavy atom. The third kappa shape index (κ3) is 13.9. The second kappa shape index (κ2) is 25.6. The SMILES string of the molecule is CC(C)(CO)c1cc2cc(CC(=O)C3(c4ccc5c(c4)OC(F)(F)O5)CC3)c(F)cc2n1C[C@@H](O)CO.CCCCOC[C@H](O)Cn1c(C(C)(C)COCCCC)cc2cc(CC(=O)C3(c4ccc5c(c4)OC(F)(F)O5)CC3)c(F)cc21.CCl. The zero-order chi connectivity index (χ0) is 61.2. The average molecular weight is 1200 g/mol. The van der Waals surface area contributed by atoms with Crippen molar-refractivity contribution in [2.24, 2.45) is 0 Å². The normalized spacial score (nSPS) is 17.3. The van der Waals surface area contributed by atoms with Crippen LogP contribution in [0.15, 0.2) is 72.8 Å². The zero-order valence-electron chi connectivity index (χ0n) is 48.4. The lowest BCUT2D eigenvalue weighted by molar-refractivity contribution is -0.287. The number of aliphatic hydroxyl groups is 4. The highest BCUT2D eigenvalue weighted by Gasteiger charge is 2.54. The summed E-state index contributed by atoms with van der Waals surface area (Å²) in [5.41, 5.74) is 1.20. The van der Waals surface area contributed by atoms with Crippen LogP contribution >= 0.6 is 11.6 Å². The van der Waals surface area contributed by atoms with Gasteiger partial charge in [0, 0.05) is 65.4 Å². The standard InChI is InChI=1S/C35H44F3NO6.C27H28F3NO6.CH3Cl/c1-5-7-13-42-21-26(40)20-39-28-19-27(36)23(15-24(28)16-31(39)33(3,4)22-43-14-8-6-2)17-32(41)34(11-12-34)25-9-10-29-30(18-25)45-35(37,38)44-29;1-25(2,14-33)23-8-16-7-15(19(28)11-20(16)31(23)12-18(34)13-32)9-24(35)26(5-6-26)17-3-4-21-22(10-17)37-27(29,30)36-21;1-2/h9-10,15-16,18-19,26,40H,5-8,11-14,17,20-22H2,1-4H3;3-4,7-8,10-11,18,32-34H,5-6,9,12-14H2,1-2H3;1H3/t26-;18-;/m11./s1. The van der Waals surface area contributed by atoms with Crippen molar-refractivity contribution >= 4 is 45.0 Å². The molecular weight excluding hydrogens is 1130 g/mol. The van der Waals surface area contributed by atoms with Crippen LogP contribution in [0.2, 0.25) is 0 Å². The fourth-order valence-corrected chi connectivity index (χ4v) is 11.1. The van der Waals surface area contributed by atoms with Gasteiger partial charge in [-0.3, -0.25) is 9.59 Å². The fraction of sp³-hybridized carbons (Fsp3) is 0.524. The van der Waals surface area contributed by atoms with Crippen LogP contribution in [-0.2, 0) is 66.7 Å². The van der Waals surface area contributed by atoms with Gasteiger partial charge in [-0.25, -0.2) is 8.78 Å². The lowest BCUT2D eigenvalue weighted by Crippen LogP contribution is -2.31. The molecule has 21 heteroatoms. The highest BCUT2D eigenvalue weighted by atomic mass is 35.5. The number of ether oxygens (including phenoxy) is 6. The minimum atomic E-state index is -3.76. The second-order valence-electron chi connectivity index (χ2n) is 23.6. The third-order valence-corrected chi connectivity index (χ3v) is 16.2. The average Bonchev–Trinajstić information content (AvgIpc) is 2.88. The van der Waals surface area contributed by atoms with E-state index >= 15 is 8.78 Å². The number of nitrogens with zero attached hydrogens (tertiary/aromatic N) is 2. The van der Waals surface area contributed by atoms with Crippen LogP contribution < -0.4 is 18.9 Å². The van der Waals surface area contributed by atoms with E-state index in [4.69, 9.17) is 9.47 Å². The molecule has 0 unspecified atom stereocenters. The van der Waals surface area contributed by atoms with Crippen LogP contribution in [0.5, 0.6) is 23.0 Å². The molecule has 6 aromatic rings. The molecule has 2 saturated carbocycles. The van der Waals surface area contributed by atoms with Crippen LogP contribution in [0.25, 0.3) is 21.8 Å². The van der Waals surface area contributed by atoms with Crippen molar-refractivity contribution in [3.05, 3.63) is 118 Å². The number of aromatic nitrogens is 2. The second-order valence-corrected chi connectivity index (χ2v) is 23.6. The van der Waals surface area contributed by atoms with Gasteiger partial charge in [-0.15, -0.1) is 29.2 Å². The van der Waals surface area contributed by atoms with Crippen LogP contribution in [0.3, 0.4) is 0 Å². The van der Waals surface area contributed by atoms with Gasteiger partial charge in [0.1, 0.15) is 23.2 Å². The van der Waals surface area contributed by atoms with E-state index in [1.54, 1.807) is 34.9 Å². The first kappa shape index (κ1) is 64.1. The monoisotopic (exact) mass is 1200 g/mol. The van der Waals surface area contributed by atoms with Crippen molar-refractivity contribution in [3.8, 4) is 23.0 Å². The van der Waals surface area contributed by atoms with Crippen LogP contribution in [0.1, 0.15) is 127 Å². The van der Waals surface area contributed by atoms with Gasteiger partial charge in [0.05, 0.1) is 73.6 Å². The largest absolute Gasteiger partial charge is 0.586 e. The highest BCUT2D eigenvalue weighted by Crippen LogP contribution is 2.54. The summed E-state index contributed by atoms with van der Waals surface area (Å²) in [5, 5.41) is 41.6. The molecule has 2 aliphatic carbocycles. The Kier molecular flexibility index (Phi) is 19.6. The van der Waals surface area contributed by atoms with Crippen molar-refractivity contribution in [3.63, 3.8) is 0 Å². The van der Waals surface area contributed by atoms with Gasteiger partial charge in [0.15, 0.2) is 23.0 Å². The number of Topliss-reactive ketones (excluding diaryl/α,β-unsaturated/α-hetero) is 2. The first-order chi connectivity index (χ1) is 39.8. The number of unbranched alkanes of at least 4 members (excludes halogenated alkanes) is 2. The molecule has 2 atom stereocenters. The summed E-state index contributed by atoms with van der Waals surface area (Å²) in [4.78, 5) is 27.0. The minimum Gasteiger partial charge on any atom is -0.395 e. The van der Waals surface area contributed by atoms with Gasteiger partial charge in [-0.05, 0) is 121 Å². The molecule has 0 saturated heterocycles. The third-order valence-electron chi connectivity index (χ3n) is 16.2. The van der Waals surface area contributed by atoms with Gasteiger partial charge in [0.25, 0.3) is 0 Å². The number of fused-ring (bicyclic) bond motifs is 4. The number of benzene rings is 4. The first-order valence-corrected chi connectivity index (χ1v) is 29.2. The van der Waals surface area contributed by atoms with Crippen molar-refractivity contribution in [2.75, 3.05) is 46.0 Å². The lowest BCUT2D eigenvalue weighted by atomic mass is 9.87. The van der Waals surface area contributed by atoms with E-state index in [1.165, 1.54) is 42.8 Å². The summed E-state index contributed by atoms with van der Waals surface area (Å²) in [6.45, 7) is 13.3. The molecule has 458 valence electrons. The number of rotatable bonds is 26. The zero-order valence-corrected chi connectivity index (χ0v) is 49.2. The number of halogens is 7.